The Morgan fingerprint density at radius 1 is 1.30 bits per heavy atom. The molecule has 2 atom stereocenters. The molecule has 0 bridgehead atoms. The molecule has 0 radical (unpaired) electrons. The van der Waals surface area contributed by atoms with Gasteiger partial charge < -0.3 is 10.4 Å². The van der Waals surface area contributed by atoms with E-state index in [1.165, 1.54) is 0 Å². The number of carboxylic acid groups (broad SMARTS) is 1. The molecule has 0 saturated heterocycles. The molecule has 1 aliphatic heterocycles. The summed E-state index contributed by atoms with van der Waals surface area (Å²) < 4.78 is 0.796. The molecule has 0 aliphatic carbocycles. The Labute approximate surface area is 141 Å². The summed E-state index contributed by atoms with van der Waals surface area (Å²) in [7, 11) is 0. The lowest BCUT2D eigenvalue weighted by molar-refractivity contribution is -0.140. The maximum atomic E-state index is 11.9. The SMILES string of the molecule is CCC1=NC(=O)NC(c2ccc3ccccc3c2Br)C1C(=O)O. The fourth-order valence-corrected chi connectivity index (χ4v) is 3.71. The summed E-state index contributed by atoms with van der Waals surface area (Å²) in [5.41, 5.74) is 1.14. The zero-order valence-corrected chi connectivity index (χ0v) is 14.0. The van der Waals surface area contributed by atoms with E-state index in [0.717, 1.165) is 20.8 Å². The molecule has 1 heterocycles. The van der Waals surface area contributed by atoms with Crippen LogP contribution in [0.4, 0.5) is 4.79 Å². The van der Waals surface area contributed by atoms with Crippen molar-refractivity contribution in [1.82, 2.24) is 5.32 Å². The molecule has 2 amide bonds. The second-order valence-corrected chi connectivity index (χ2v) is 6.18. The van der Waals surface area contributed by atoms with Crippen LogP contribution in [0.1, 0.15) is 24.9 Å². The molecular weight excluding hydrogens is 360 g/mol. The van der Waals surface area contributed by atoms with E-state index in [0.29, 0.717) is 12.1 Å². The summed E-state index contributed by atoms with van der Waals surface area (Å²) in [6.45, 7) is 1.81. The van der Waals surface area contributed by atoms with Crippen molar-refractivity contribution in [3.05, 3.63) is 46.4 Å². The molecule has 3 rings (SSSR count). The van der Waals surface area contributed by atoms with Gasteiger partial charge in [-0.25, -0.2) is 9.79 Å². The predicted octanol–water partition coefficient (Wildman–Crippen LogP) is 3.92. The van der Waals surface area contributed by atoms with E-state index in [2.05, 4.69) is 26.2 Å². The maximum Gasteiger partial charge on any atom is 0.341 e. The summed E-state index contributed by atoms with van der Waals surface area (Å²) in [5.74, 6) is -1.86. The van der Waals surface area contributed by atoms with Crippen molar-refractivity contribution in [2.24, 2.45) is 10.9 Å². The number of amides is 2. The third-order valence-corrected chi connectivity index (χ3v) is 4.96. The van der Waals surface area contributed by atoms with Gasteiger partial charge in [-0.05, 0) is 38.7 Å². The number of fused-ring (bicyclic) bond motifs is 1. The van der Waals surface area contributed by atoms with Crippen molar-refractivity contribution in [3.8, 4) is 0 Å². The number of aliphatic carboxylic acids is 1. The molecule has 2 aromatic carbocycles. The van der Waals surface area contributed by atoms with Crippen LogP contribution in [-0.2, 0) is 4.79 Å². The maximum absolute atomic E-state index is 11.9. The first-order chi connectivity index (χ1) is 11.0. The molecule has 0 fully saturated rings. The first-order valence-corrected chi connectivity index (χ1v) is 8.10. The second-order valence-electron chi connectivity index (χ2n) is 5.39. The van der Waals surface area contributed by atoms with Crippen LogP contribution in [0.3, 0.4) is 0 Å². The Balaban J connectivity index is 2.16. The molecule has 5 nitrogen and oxygen atoms in total. The quantitative estimate of drug-likeness (QED) is 0.854. The zero-order valence-electron chi connectivity index (χ0n) is 12.4. The minimum absolute atomic E-state index is 0.395. The van der Waals surface area contributed by atoms with Crippen molar-refractivity contribution in [3.63, 3.8) is 0 Å². The lowest BCUT2D eigenvalue weighted by Crippen LogP contribution is -2.44. The standard InChI is InChI=1S/C17H15BrN2O3/c1-2-12-13(16(21)22)15(20-17(23)19-12)11-8-7-9-5-3-4-6-10(9)14(11)18/h3-8,13,15H,2H2,1H3,(H,20,23)(H,21,22). The summed E-state index contributed by atoms with van der Waals surface area (Å²) in [6, 6.07) is 10.4. The highest BCUT2D eigenvalue weighted by molar-refractivity contribution is 9.10. The van der Waals surface area contributed by atoms with E-state index in [1.807, 2.05) is 36.4 Å². The minimum Gasteiger partial charge on any atom is -0.481 e. The van der Waals surface area contributed by atoms with Crippen molar-refractivity contribution < 1.29 is 14.7 Å². The molecule has 23 heavy (non-hydrogen) atoms. The minimum atomic E-state index is -0.990. The molecule has 118 valence electrons. The van der Waals surface area contributed by atoms with Gasteiger partial charge in [0.25, 0.3) is 0 Å². The van der Waals surface area contributed by atoms with Gasteiger partial charge in [0.15, 0.2) is 0 Å². The fraction of sp³-hybridized carbons (Fsp3) is 0.235. The first kappa shape index (κ1) is 15.7. The Morgan fingerprint density at radius 3 is 2.74 bits per heavy atom. The van der Waals surface area contributed by atoms with Crippen LogP contribution in [0, 0.1) is 5.92 Å². The van der Waals surface area contributed by atoms with E-state index in [9.17, 15) is 14.7 Å². The van der Waals surface area contributed by atoms with E-state index in [1.54, 1.807) is 6.92 Å². The third-order valence-electron chi connectivity index (χ3n) is 4.07. The van der Waals surface area contributed by atoms with E-state index >= 15 is 0 Å². The molecule has 6 heteroatoms. The van der Waals surface area contributed by atoms with Crippen molar-refractivity contribution in [2.45, 2.75) is 19.4 Å². The van der Waals surface area contributed by atoms with Gasteiger partial charge in [0.1, 0.15) is 5.92 Å². The average Bonchev–Trinajstić information content (AvgIpc) is 2.54. The number of carbonyl (C=O) groups excluding carboxylic acids is 1. The van der Waals surface area contributed by atoms with Gasteiger partial charge in [0.2, 0.25) is 0 Å². The smallest absolute Gasteiger partial charge is 0.341 e. The van der Waals surface area contributed by atoms with Gasteiger partial charge in [-0.15, -0.1) is 0 Å². The Morgan fingerprint density at radius 2 is 2.04 bits per heavy atom. The van der Waals surface area contributed by atoms with Crippen LogP contribution >= 0.6 is 15.9 Å². The number of aliphatic imine (C=N–C) groups is 1. The van der Waals surface area contributed by atoms with Gasteiger partial charge in [0, 0.05) is 10.2 Å². The van der Waals surface area contributed by atoms with Crippen LogP contribution < -0.4 is 5.32 Å². The lowest BCUT2D eigenvalue weighted by Gasteiger charge is -2.30. The zero-order chi connectivity index (χ0) is 16.6. The van der Waals surface area contributed by atoms with E-state index in [4.69, 9.17) is 0 Å². The van der Waals surface area contributed by atoms with Crippen LogP contribution in [0.15, 0.2) is 45.9 Å². The van der Waals surface area contributed by atoms with Crippen molar-refractivity contribution >= 4 is 44.4 Å². The topological polar surface area (TPSA) is 78.8 Å². The summed E-state index contributed by atoms with van der Waals surface area (Å²) in [4.78, 5) is 27.4. The number of halogens is 1. The third kappa shape index (κ3) is 2.74. The van der Waals surface area contributed by atoms with Gasteiger partial charge in [0.05, 0.1) is 6.04 Å². The number of benzene rings is 2. The second kappa shape index (κ2) is 6.12. The largest absolute Gasteiger partial charge is 0.481 e. The lowest BCUT2D eigenvalue weighted by atomic mass is 9.86. The number of urea groups is 1. The van der Waals surface area contributed by atoms with Crippen LogP contribution in [0.2, 0.25) is 0 Å². The van der Waals surface area contributed by atoms with Crippen LogP contribution in [0.25, 0.3) is 10.8 Å². The van der Waals surface area contributed by atoms with E-state index < -0.39 is 24.0 Å². The highest BCUT2D eigenvalue weighted by Gasteiger charge is 2.38. The number of nitrogens with zero attached hydrogens (tertiary/aromatic N) is 1. The number of carbonyl (C=O) groups is 2. The molecule has 0 aromatic heterocycles. The van der Waals surface area contributed by atoms with Crippen molar-refractivity contribution in [1.29, 1.82) is 0 Å². The molecule has 2 unspecified atom stereocenters. The van der Waals surface area contributed by atoms with Gasteiger partial charge in [-0.1, -0.05) is 43.3 Å². The number of hydrogen-bond donors (Lipinski definition) is 2. The number of hydrogen-bond acceptors (Lipinski definition) is 2. The van der Waals surface area contributed by atoms with Crippen molar-refractivity contribution in [2.75, 3.05) is 0 Å². The first-order valence-electron chi connectivity index (χ1n) is 7.30. The summed E-state index contributed by atoms with van der Waals surface area (Å²) >= 11 is 3.57. The number of rotatable bonds is 3. The van der Waals surface area contributed by atoms with Gasteiger partial charge in [-0.3, -0.25) is 4.79 Å². The molecule has 2 N–H and O–H groups in total. The molecule has 1 aliphatic rings. The number of carboxylic acids is 1. The van der Waals surface area contributed by atoms with Gasteiger partial charge >= 0.3 is 12.0 Å². The molecule has 2 aromatic rings. The molecule has 0 saturated carbocycles. The predicted molar refractivity (Wildman–Crippen MR) is 91.8 cm³/mol. The Kier molecular flexibility index (Phi) is 4.17. The highest BCUT2D eigenvalue weighted by Crippen LogP contribution is 2.36. The highest BCUT2D eigenvalue weighted by atomic mass is 79.9. The summed E-state index contributed by atoms with van der Waals surface area (Å²) in [6.07, 6.45) is 0.423. The summed E-state index contributed by atoms with van der Waals surface area (Å²) in [5, 5.41) is 14.3. The average molecular weight is 375 g/mol. The van der Waals surface area contributed by atoms with Crippen LogP contribution in [0.5, 0.6) is 0 Å². The molecule has 0 spiro atoms. The van der Waals surface area contributed by atoms with Crippen LogP contribution in [-0.4, -0.2) is 22.8 Å². The molecular formula is C17H15BrN2O3. The normalized spacial score (nSPS) is 21.0. The Bertz CT molecular complexity index is 832. The fourth-order valence-electron chi connectivity index (χ4n) is 2.97. The van der Waals surface area contributed by atoms with Gasteiger partial charge in [-0.2, -0.15) is 0 Å². The number of nitrogens with one attached hydrogen (secondary N) is 1. The van der Waals surface area contributed by atoms with E-state index in [-0.39, 0.29) is 0 Å². The Hall–Kier alpha value is -2.21. The monoisotopic (exact) mass is 374 g/mol.